The van der Waals surface area contributed by atoms with Crippen LogP contribution < -0.4 is 0 Å². The van der Waals surface area contributed by atoms with Crippen molar-refractivity contribution in [2.45, 2.75) is 0 Å². The van der Waals surface area contributed by atoms with E-state index in [0.29, 0.717) is 22.3 Å². The Hall–Kier alpha value is -3.59. The Morgan fingerprint density at radius 1 is 0.654 bits per heavy atom. The molecule has 4 aromatic rings. The van der Waals surface area contributed by atoms with Gasteiger partial charge >= 0.3 is 0 Å². The molecule has 0 saturated carbocycles. The lowest BCUT2D eigenvalue weighted by Gasteiger charge is -2.10. The molecule has 124 valence electrons. The fourth-order valence-electron chi connectivity index (χ4n) is 3.35. The second kappa shape index (κ2) is 6.37. The van der Waals surface area contributed by atoms with Crippen LogP contribution in [0.15, 0.2) is 72.8 Å². The van der Waals surface area contributed by atoms with Crippen LogP contribution in [0.25, 0.3) is 21.5 Å². The number of hydrogen-bond acceptors (Lipinski definition) is 3. The molecular weight excluding hydrogens is 324 g/mol. The fourth-order valence-corrected chi connectivity index (χ4v) is 3.35. The van der Waals surface area contributed by atoms with Gasteiger partial charge in [-0.25, -0.2) is 0 Å². The van der Waals surface area contributed by atoms with Crippen LogP contribution in [-0.4, -0.2) is 18.4 Å². The van der Waals surface area contributed by atoms with Crippen LogP contribution in [0.5, 0.6) is 0 Å². The average Bonchev–Trinajstić information content (AvgIpc) is 2.71. The summed E-state index contributed by atoms with van der Waals surface area (Å²) in [5.74, 6) is -0.174. The molecule has 0 atom stereocenters. The van der Waals surface area contributed by atoms with E-state index in [4.69, 9.17) is 0 Å². The predicted octanol–water partition coefficient (Wildman–Crippen LogP) is 4.85. The monoisotopic (exact) mass is 338 g/mol. The predicted molar refractivity (Wildman–Crippen MR) is 102 cm³/mol. The first-order chi connectivity index (χ1) is 12.7. The van der Waals surface area contributed by atoms with Crippen molar-refractivity contribution in [3.8, 4) is 0 Å². The van der Waals surface area contributed by atoms with E-state index >= 15 is 0 Å². The Balaban J connectivity index is 1.94. The number of benzene rings is 4. The van der Waals surface area contributed by atoms with Gasteiger partial charge in [-0.2, -0.15) is 0 Å². The van der Waals surface area contributed by atoms with Gasteiger partial charge in [0.15, 0.2) is 18.4 Å². The lowest BCUT2D eigenvalue weighted by atomic mass is 9.92. The maximum atomic E-state index is 13.2. The van der Waals surface area contributed by atoms with Crippen molar-refractivity contribution in [2.24, 2.45) is 0 Å². The second-order valence-corrected chi connectivity index (χ2v) is 6.10. The third kappa shape index (κ3) is 2.50. The molecule has 3 nitrogen and oxygen atoms in total. The zero-order valence-corrected chi connectivity index (χ0v) is 13.8. The van der Waals surface area contributed by atoms with Crippen molar-refractivity contribution < 1.29 is 14.4 Å². The topological polar surface area (TPSA) is 51.2 Å². The normalized spacial score (nSPS) is 10.8. The molecule has 4 rings (SSSR count). The molecule has 0 bridgehead atoms. The van der Waals surface area contributed by atoms with Crippen molar-refractivity contribution >= 4 is 39.9 Å². The molecule has 0 aliphatic carbocycles. The first-order valence-electron chi connectivity index (χ1n) is 8.22. The van der Waals surface area contributed by atoms with E-state index in [2.05, 4.69) is 0 Å². The van der Waals surface area contributed by atoms with Crippen LogP contribution in [0.3, 0.4) is 0 Å². The van der Waals surface area contributed by atoms with Crippen molar-refractivity contribution in [1.82, 2.24) is 0 Å². The molecule has 26 heavy (non-hydrogen) atoms. The minimum atomic E-state index is -0.174. The summed E-state index contributed by atoms with van der Waals surface area (Å²) in [6.07, 6.45) is 1.56. The maximum Gasteiger partial charge on any atom is 0.193 e. The summed E-state index contributed by atoms with van der Waals surface area (Å²) in [7, 11) is 0. The molecule has 0 heterocycles. The van der Waals surface area contributed by atoms with Crippen LogP contribution in [-0.2, 0) is 0 Å². The number of fused-ring (bicyclic) bond motifs is 2. The summed E-state index contributed by atoms with van der Waals surface area (Å²) in [4.78, 5) is 35.9. The first kappa shape index (κ1) is 15.9. The summed E-state index contributed by atoms with van der Waals surface area (Å²) in [5, 5.41) is 3.13. The molecule has 3 heteroatoms. The summed E-state index contributed by atoms with van der Waals surface area (Å²) in [6.45, 7) is 0. The van der Waals surface area contributed by atoms with E-state index < -0.39 is 0 Å². The van der Waals surface area contributed by atoms with Crippen LogP contribution in [0.1, 0.15) is 36.6 Å². The van der Waals surface area contributed by atoms with Gasteiger partial charge in [0.05, 0.1) is 0 Å². The third-order valence-corrected chi connectivity index (χ3v) is 4.61. The van der Waals surface area contributed by atoms with E-state index in [1.165, 1.54) is 0 Å². The molecule has 0 spiro atoms. The number of hydrogen-bond donors (Lipinski definition) is 0. The van der Waals surface area contributed by atoms with E-state index in [1.54, 1.807) is 24.3 Å². The van der Waals surface area contributed by atoms with Crippen LogP contribution >= 0.6 is 0 Å². The molecular formula is C23H14O3. The minimum absolute atomic E-state index is 0.174. The van der Waals surface area contributed by atoms with Gasteiger partial charge in [-0.15, -0.1) is 0 Å². The largest absolute Gasteiger partial charge is 0.298 e. The first-order valence-corrected chi connectivity index (χ1v) is 8.22. The van der Waals surface area contributed by atoms with Gasteiger partial charge in [0.2, 0.25) is 0 Å². The minimum Gasteiger partial charge on any atom is -0.298 e. The zero-order chi connectivity index (χ0) is 18.1. The molecule has 0 aliphatic rings. The summed E-state index contributed by atoms with van der Waals surface area (Å²) < 4.78 is 0. The Bertz CT molecular complexity index is 1190. The second-order valence-electron chi connectivity index (χ2n) is 6.10. The summed E-state index contributed by atoms with van der Waals surface area (Å²) in [5.41, 5.74) is 2.00. The quantitative estimate of drug-likeness (QED) is 0.395. The number of rotatable bonds is 4. The molecule has 0 saturated heterocycles. The lowest BCUT2D eigenvalue weighted by Crippen LogP contribution is -2.04. The standard InChI is InChI=1S/C23H14O3/c24-13-16-9-10-22(21-8-4-3-7-20(16)21)23(26)17-11-15-5-1-2-6-19(15)18(12-17)14-25/h1-14H. The van der Waals surface area contributed by atoms with Gasteiger partial charge in [0.25, 0.3) is 0 Å². The highest BCUT2D eigenvalue weighted by atomic mass is 16.1. The highest BCUT2D eigenvalue weighted by Crippen LogP contribution is 2.26. The number of aldehydes is 2. The van der Waals surface area contributed by atoms with Crippen LogP contribution in [0.2, 0.25) is 0 Å². The van der Waals surface area contributed by atoms with Gasteiger partial charge in [0.1, 0.15) is 0 Å². The molecule has 0 unspecified atom stereocenters. The maximum absolute atomic E-state index is 13.2. The Morgan fingerprint density at radius 3 is 2.04 bits per heavy atom. The van der Waals surface area contributed by atoms with Gasteiger partial charge in [0, 0.05) is 22.3 Å². The molecule has 4 aromatic carbocycles. The number of carbonyl (C=O) groups excluding carboxylic acids is 3. The highest BCUT2D eigenvalue weighted by molar-refractivity contribution is 6.19. The summed E-state index contributed by atoms with van der Waals surface area (Å²) in [6, 6.07) is 21.6. The number of ketones is 1. The molecule has 0 aliphatic heterocycles. The van der Waals surface area contributed by atoms with Gasteiger partial charge in [-0.05, 0) is 39.7 Å². The molecule has 0 radical (unpaired) electrons. The van der Waals surface area contributed by atoms with E-state index in [0.717, 1.165) is 34.1 Å². The Kier molecular flexibility index (Phi) is 3.90. The van der Waals surface area contributed by atoms with Crippen LogP contribution in [0, 0.1) is 0 Å². The average molecular weight is 338 g/mol. The fraction of sp³-hybridized carbons (Fsp3) is 0. The van der Waals surface area contributed by atoms with E-state index in [9.17, 15) is 14.4 Å². The molecule has 0 fully saturated rings. The van der Waals surface area contributed by atoms with Gasteiger partial charge in [-0.3, -0.25) is 14.4 Å². The smallest absolute Gasteiger partial charge is 0.193 e. The van der Waals surface area contributed by atoms with Crippen molar-refractivity contribution in [2.75, 3.05) is 0 Å². The highest BCUT2D eigenvalue weighted by Gasteiger charge is 2.16. The Morgan fingerprint density at radius 2 is 1.31 bits per heavy atom. The van der Waals surface area contributed by atoms with Crippen molar-refractivity contribution in [1.29, 1.82) is 0 Å². The molecule has 0 N–H and O–H groups in total. The number of carbonyl (C=O) groups is 3. The van der Waals surface area contributed by atoms with Gasteiger partial charge in [-0.1, -0.05) is 54.6 Å². The summed E-state index contributed by atoms with van der Waals surface area (Å²) >= 11 is 0. The lowest BCUT2D eigenvalue weighted by molar-refractivity contribution is 0.103. The SMILES string of the molecule is O=Cc1cc(C(=O)c2ccc(C=O)c3ccccc23)cc2ccccc12. The Labute approximate surface area is 149 Å². The van der Waals surface area contributed by atoms with Crippen molar-refractivity contribution in [3.05, 3.63) is 95.1 Å². The third-order valence-electron chi connectivity index (χ3n) is 4.61. The van der Waals surface area contributed by atoms with E-state index in [1.807, 2.05) is 48.5 Å². The van der Waals surface area contributed by atoms with E-state index in [-0.39, 0.29) is 5.78 Å². The van der Waals surface area contributed by atoms with Crippen molar-refractivity contribution in [3.63, 3.8) is 0 Å². The zero-order valence-electron chi connectivity index (χ0n) is 13.8. The van der Waals surface area contributed by atoms with Gasteiger partial charge < -0.3 is 0 Å². The molecule has 0 amide bonds. The molecule has 0 aromatic heterocycles. The van der Waals surface area contributed by atoms with Crippen LogP contribution in [0.4, 0.5) is 0 Å².